The molecule has 0 fully saturated rings. The molecule has 0 saturated carbocycles. The van der Waals surface area contributed by atoms with Crippen LogP contribution in [-0.2, 0) is 0 Å². The first kappa shape index (κ1) is 19.0. The van der Waals surface area contributed by atoms with E-state index in [4.69, 9.17) is 16.0 Å². The van der Waals surface area contributed by atoms with Gasteiger partial charge >= 0.3 is 0 Å². The van der Waals surface area contributed by atoms with Crippen LogP contribution in [0.3, 0.4) is 0 Å². The number of hydrogen-bond donors (Lipinski definition) is 1. The monoisotopic (exact) mass is 380 g/mol. The van der Waals surface area contributed by atoms with E-state index in [2.05, 4.69) is 21.3 Å². The Labute approximate surface area is 164 Å². The molecule has 138 valence electrons. The molecule has 27 heavy (non-hydrogen) atoms. The third-order valence-electron chi connectivity index (χ3n) is 4.38. The fraction of sp³-hybridized carbons (Fsp3) is 0.238. The molecule has 1 aromatic heterocycles. The summed E-state index contributed by atoms with van der Waals surface area (Å²) in [6.45, 7) is 2.54. The van der Waals surface area contributed by atoms with Gasteiger partial charge in [0.1, 0.15) is 6.07 Å². The molecule has 1 atom stereocenters. The third-order valence-corrected chi connectivity index (χ3v) is 4.72. The number of rotatable bonds is 6. The molecule has 0 radical (unpaired) electrons. The first-order valence-electron chi connectivity index (χ1n) is 8.62. The van der Waals surface area contributed by atoms with Crippen LogP contribution in [0.1, 0.15) is 22.9 Å². The number of nitrogens with one attached hydrogen (secondary N) is 1. The molecule has 1 N–H and O–H groups in total. The number of aromatic nitrogens is 1. The minimum absolute atomic E-state index is 0.0122. The summed E-state index contributed by atoms with van der Waals surface area (Å²) in [4.78, 5) is 6.38. The number of hydrogen-bond acceptors (Lipinski definition) is 5. The van der Waals surface area contributed by atoms with Crippen molar-refractivity contribution in [2.45, 2.75) is 13.0 Å². The minimum Gasteiger partial charge on any atom is -0.419 e. The lowest BCUT2D eigenvalue weighted by molar-refractivity contribution is 0.310. The molecule has 0 amide bonds. The zero-order valence-corrected chi connectivity index (χ0v) is 16.3. The number of nitriles is 1. The summed E-state index contributed by atoms with van der Waals surface area (Å²) in [6.07, 6.45) is 0. The molecule has 3 aromatic rings. The fourth-order valence-electron chi connectivity index (χ4n) is 2.84. The lowest BCUT2D eigenvalue weighted by Gasteiger charge is -2.25. The summed E-state index contributed by atoms with van der Waals surface area (Å²) < 4.78 is 5.83. The van der Waals surface area contributed by atoms with Gasteiger partial charge in [-0.25, -0.2) is 0 Å². The van der Waals surface area contributed by atoms with Crippen molar-refractivity contribution < 1.29 is 4.42 Å². The number of aryl methyl sites for hydroxylation is 1. The van der Waals surface area contributed by atoms with Crippen LogP contribution in [0.25, 0.3) is 11.5 Å². The summed E-state index contributed by atoms with van der Waals surface area (Å²) in [6, 6.07) is 17.7. The van der Waals surface area contributed by atoms with Crippen LogP contribution in [0.4, 0.5) is 5.88 Å². The molecular formula is C21H21ClN4O. The maximum Gasteiger partial charge on any atom is 0.232 e. The first-order chi connectivity index (χ1) is 13.0. The van der Waals surface area contributed by atoms with Crippen molar-refractivity contribution >= 4 is 17.5 Å². The highest BCUT2D eigenvalue weighted by molar-refractivity contribution is 6.31. The van der Waals surface area contributed by atoms with Gasteiger partial charge < -0.3 is 14.6 Å². The van der Waals surface area contributed by atoms with E-state index in [0.717, 1.165) is 16.7 Å². The van der Waals surface area contributed by atoms with Gasteiger partial charge in [-0.1, -0.05) is 47.5 Å². The zero-order valence-electron chi connectivity index (χ0n) is 15.5. The number of nitrogens with zero attached hydrogens (tertiary/aromatic N) is 3. The van der Waals surface area contributed by atoms with Crippen molar-refractivity contribution in [1.82, 2.24) is 9.88 Å². The van der Waals surface area contributed by atoms with E-state index >= 15 is 0 Å². The highest BCUT2D eigenvalue weighted by Gasteiger charge is 2.20. The van der Waals surface area contributed by atoms with Crippen molar-refractivity contribution in [2.24, 2.45) is 0 Å². The lowest BCUT2D eigenvalue weighted by Crippen LogP contribution is -2.27. The molecular weight excluding hydrogens is 360 g/mol. The SMILES string of the molecule is Cc1ccc(-c2nc(C#N)c(NCC(c3ccccc3Cl)N(C)C)o2)cc1. The van der Waals surface area contributed by atoms with Crippen LogP contribution in [-0.4, -0.2) is 30.5 Å². The second kappa shape index (κ2) is 8.26. The zero-order chi connectivity index (χ0) is 19.4. The second-order valence-corrected chi connectivity index (χ2v) is 6.96. The number of halogens is 1. The summed E-state index contributed by atoms with van der Waals surface area (Å²) in [7, 11) is 3.97. The Bertz CT molecular complexity index is 957. The van der Waals surface area contributed by atoms with Gasteiger partial charge in [0, 0.05) is 17.1 Å². The van der Waals surface area contributed by atoms with Crippen molar-refractivity contribution in [3.8, 4) is 17.5 Å². The number of anilines is 1. The molecule has 3 rings (SSSR count). The Hall–Kier alpha value is -2.81. The van der Waals surface area contributed by atoms with Gasteiger partial charge in [0.15, 0.2) is 0 Å². The minimum atomic E-state index is 0.0122. The normalized spacial score (nSPS) is 12.0. The predicted octanol–water partition coefficient (Wildman–Crippen LogP) is 4.89. The van der Waals surface area contributed by atoms with Crippen LogP contribution < -0.4 is 5.32 Å². The van der Waals surface area contributed by atoms with Crippen molar-refractivity contribution in [1.29, 1.82) is 5.26 Å². The Morgan fingerprint density at radius 3 is 2.52 bits per heavy atom. The molecule has 2 aromatic carbocycles. The Kier molecular flexibility index (Phi) is 5.80. The lowest BCUT2D eigenvalue weighted by atomic mass is 10.1. The predicted molar refractivity (Wildman–Crippen MR) is 108 cm³/mol. The maximum atomic E-state index is 9.41. The van der Waals surface area contributed by atoms with Crippen LogP contribution in [0.15, 0.2) is 52.9 Å². The summed E-state index contributed by atoms with van der Waals surface area (Å²) in [5.74, 6) is 0.792. The fourth-order valence-corrected chi connectivity index (χ4v) is 3.10. The summed E-state index contributed by atoms with van der Waals surface area (Å²) >= 11 is 6.36. The Balaban J connectivity index is 1.83. The first-order valence-corrected chi connectivity index (χ1v) is 9.00. The molecule has 5 nitrogen and oxygen atoms in total. The van der Waals surface area contributed by atoms with Crippen molar-refractivity contribution in [3.63, 3.8) is 0 Å². The van der Waals surface area contributed by atoms with E-state index in [1.807, 2.05) is 69.6 Å². The molecule has 0 aliphatic carbocycles. The van der Waals surface area contributed by atoms with Gasteiger partial charge in [-0.2, -0.15) is 10.2 Å². The number of likely N-dealkylation sites (N-methyl/N-ethyl adjacent to an activating group) is 1. The van der Waals surface area contributed by atoms with Crippen LogP contribution >= 0.6 is 11.6 Å². The molecule has 1 heterocycles. The topological polar surface area (TPSA) is 65.1 Å². The Morgan fingerprint density at radius 1 is 1.19 bits per heavy atom. The van der Waals surface area contributed by atoms with E-state index < -0.39 is 0 Å². The summed E-state index contributed by atoms with van der Waals surface area (Å²) in [5.41, 5.74) is 3.23. The third kappa shape index (κ3) is 4.30. The van der Waals surface area contributed by atoms with Gasteiger partial charge in [-0.15, -0.1) is 0 Å². The highest BCUT2D eigenvalue weighted by Crippen LogP contribution is 2.29. The van der Waals surface area contributed by atoms with Crippen molar-refractivity contribution in [3.05, 3.63) is 70.4 Å². The molecule has 0 aliphatic rings. The second-order valence-electron chi connectivity index (χ2n) is 6.56. The largest absolute Gasteiger partial charge is 0.419 e. The molecule has 1 unspecified atom stereocenters. The van der Waals surface area contributed by atoms with Gasteiger partial charge in [-0.05, 0) is 44.8 Å². The van der Waals surface area contributed by atoms with E-state index in [1.54, 1.807) is 0 Å². The van der Waals surface area contributed by atoms with Crippen LogP contribution in [0.5, 0.6) is 0 Å². The van der Waals surface area contributed by atoms with E-state index in [9.17, 15) is 5.26 Å². The van der Waals surface area contributed by atoms with Crippen LogP contribution in [0, 0.1) is 18.3 Å². The molecule has 0 spiro atoms. The number of benzene rings is 2. The van der Waals surface area contributed by atoms with E-state index in [1.165, 1.54) is 0 Å². The standard InChI is InChI=1S/C21H21ClN4O/c1-14-8-10-15(11-9-14)20-25-18(12-23)21(27-20)24-13-19(26(2)3)16-6-4-5-7-17(16)22/h4-11,19,24H,13H2,1-3H3. The quantitative estimate of drug-likeness (QED) is 0.659. The van der Waals surface area contributed by atoms with Gasteiger partial charge in [0.25, 0.3) is 0 Å². The van der Waals surface area contributed by atoms with Crippen LogP contribution in [0.2, 0.25) is 5.02 Å². The van der Waals surface area contributed by atoms with E-state index in [0.29, 0.717) is 23.3 Å². The maximum absolute atomic E-state index is 9.41. The average Bonchev–Trinajstić information content (AvgIpc) is 3.07. The Morgan fingerprint density at radius 2 is 1.89 bits per heavy atom. The average molecular weight is 381 g/mol. The molecule has 0 aliphatic heterocycles. The molecule has 0 saturated heterocycles. The van der Waals surface area contributed by atoms with Gasteiger partial charge in [-0.3, -0.25) is 0 Å². The smallest absolute Gasteiger partial charge is 0.232 e. The van der Waals surface area contributed by atoms with Gasteiger partial charge in [0.05, 0.1) is 6.04 Å². The molecule has 6 heteroatoms. The highest BCUT2D eigenvalue weighted by atomic mass is 35.5. The van der Waals surface area contributed by atoms with Gasteiger partial charge in [0.2, 0.25) is 17.5 Å². The summed E-state index contributed by atoms with van der Waals surface area (Å²) in [5, 5.41) is 13.3. The molecule has 0 bridgehead atoms. The van der Waals surface area contributed by atoms with E-state index in [-0.39, 0.29) is 11.7 Å². The number of oxazole rings is 1. The van der Waals surface area contributed by atoms with Crippen molar-refractivity contribution in [2.75, 3.05) is 26.0 Å².